The Labute approximate surface area is 117 Å². The summed E-state index contributed by atoms with van der Waals surface area (Å²) in [5, 5.41) is 3.30. The first kappa shape index (κ1) is 13.3. The quantitative estimate of drug-likeness (QED) is 0.516. The lowest BCUT2D eigenvalue weighted by Crippen LogP contribution is -2.31. The molecule has 0 aliphatic carbocycles. The summed E-state index contributed by atoms with van der Waals surface area (Å²) < 4.78 is 11.2. The molecule has 0 radical (unpaired) electrons. The number of ether oxygens (including phenoxy) is 2. The fraction of sp³-hybridized carbons (Fsp3) is 0.750. The van der Waals surface area contributed by atoms with Crippen molar-refractivity contribution in [3.63, 3.8) is 0 Å². The number of rotatable bonds is 6. The topological polar surface area (TPSA) is 107 Å². The fourth-order valence-electron chi connectivity index (χ4n) is 2.70. The van der Waals surface area contributed by atoms with Crippen LogP contribution in [0.5, 0.6) is 6.01 Å². The lowest BCUT2D eigenvalue weighted by molar-refractivity contribution is 0.102. The zero-order valence-corrected chi connectivity index (χ0v) is 11.5. The summed E-state index contributed by atoms with van der Waals surface area (Å²) in [5.74, 6) is 6.14. The van der Waals surface area contributed by atoms with Gasteiger partial charge in [-0.15, -0.1) is 0 Å². The Morgan fingerprint density at radius 2 is 2.15 bits per heavy atom. The monoisotopic (exact) mass is 280 g/mol. The third-order valence-corrected chi connectivity index (χ3v) is 3.60. The molecule has 0 spiro atoms. The number of hydrogen-bond donors (Lipinski definition) is 3. The number of nitrogen functional groups attached to an aromatic ring is 1. The molecule has 3 heterocycles. The molecular formula is C12H20N6O2. The molecule has 20 heavy (non-hydrogen) atoms. The van der Waals surface area contributed by atoms with Gasteiger partial charge in [0.2, 0.25) is 11.9 Å². The summed E-state index contributed by atoms with van der Waals surface area (Å²) in [6.45, 7) is 2.58. The van der Waals surface area contributed by atoms with Gasteiger partial charge in [-0.05, 0) is 25.7 Å². The Morgan fingerprint density at radius 1 is 1.30 bits per heavy atom. The van der Waals surface area contributed by atoms with Crippen LogP contribution in [0.15, 0.2) is 0 Å². The molecule has 110 valence electrons. The van der Waals surface area contributed by atoms with Crippen molar-refractivity contribution in [2.75, 3.05) is 17.3 Å². The van der Waals surface area contributed by atoms with E-state index in [1.165, 1.54) is 0 Å². The van der Waals surface area contributed by atoms with Crippen LogP contribution in [0.1, 0.15) is 32.6 Å². The van der Waals surface area contributed by atoms with E-state index in [-0.39, 0.29) is 24.1 Å². The van der Waals surface area contributed by atoms with E-state index < -0.39 is 0 Å². The summed E-state index contributed by atoms with van der Waals surface area (Å²) in [7, 11) is 0. The Morgan fingerprint density at radius 3 is 2.80 bits per heavy atom. The molecule has 3 rings (SSSR count). The first-order chi connectivity index (χ1) is 9.78. The normalized spacial score (nSPS) is 27.6. The van der Waals surface area contributed by atoms with E-state index in [1.54, 1.807) is 0 Å². The molecule has 2 fully saturated rings. The van der Waals surface area contributed by atoms with Crippen molar-refractivity contribution < 1.29 is 9.47 Å². The highest BCUT2D eigenvalue weighted by atomic mass is 16.5. The van der Waals surface area contributed by atoms with Crippen LogP contribution < -0.4 is 21.3 Å². The van der Waals surface area contributed by atoms with Gasteiger partial charge in [-0.1, -0.05) is 6.92 Å². The molecule has 8 heteroatoms. The van der Waals surface area contributed by atoms with E-state index in [9.17, 15) is 0 Å². The van der Waals surface area contributed by atoms with Crippen LogP contribution >= 0.6 is 0 Å². The zero-order valence-electron chi connectivity index (χ0n) is 11.5. The summed E-state index contributed by atoms with van der Waals surface area (Å²) in [5.41, 5.74) is 2.43. The molecule has 1 aromatic rings. The predicted molar refractivity (Wildman–Crippen MR) is 73.3 cm³/mol. The molecule has 2 aliphatic rings. The minimum Gasteiger partial charge on any atom is -0.463 e. The molecule has 8 nitrogen and oxygen atoms in total. The van der Waals surface area contributed by atoms with Gasteiger partial charge in [-0.2, -0.15) is 15.0 Å². The number of nitrogens with one attached hydrogen (secondary N) is 2. The third-order valence-electron chi connectivity index (χ3n) is 3.60. The number of hydrogen-bond acceptors (Lipinski definition) is 8. The maximum absolute atomic E-state index is 5.80. The van der Waals surface area contributed by atoms with Gasteiger partial charge in [0, 0.05) is 0 Å². The number of nitrogens with zero attached hydrogens (tertiary/aromatic N) is 3. The van der Waals surface area contributed by atoms with Crippen molar-refractivity contribution >= 4 is 11.9 Å². The van der Waals surface area contributed by atoms with Gasteiger partial charge in [0.05, 0.1) is 24.9 Å². The highest BCUT2D eigenvalue weighted by Crippen LogP contribution is 2.35. The summed E-state index contributed by atoms with van der Waals surface area (Å²) in [6.07, 6.45) is 4.76. The van der Waals surface area contributed by atoms with Gasteiger partial charge in [-0.25, -0.2) is 5.84 Å². The predicted octanol–water partition coefficient (Wildman–Crippen LogP) is 0.678. The van der Waals surface area contributed by atoms with Gasteiger partial charge in [-0.3, -0.25) is 5.43 Å². The van der Waals surface area contributed by atoms with Gasteiger partial charge in [0.25, 0.3) is 0 Å². The summed E-state index contributed by atoms with van der Waals surface area (Å²) >= 11 is 0. The molecule has 1 aromatic heterocycles. The van der Waals surface area contributed by atoms with Crippen LogP contribution in [-0.4, -0.2) is 39.8 Å². The fourth-order valence-corrected chi connectivity index (χ4v) is 2.70. The Hall–Kier alpha value is -1.67. The van der Waals surface area contributed by atoms with Gasteiger partial charge in [0.1, 0.15) is 0 Å². The standard InChI is InChI=1S/C12H20N6O2/c1-2-5-19-12-16-10(15-11(17-12)18-13)14-8-6-7-3-4-9(8)20-7/h7-9H,2-6,13H2,1H3,(H2,14,15,16,17,18). The van der Waals surface area contributed by atoms with Crippen LogP contribution in [0.3, 0.4) is 0 Å². The van der Waals surface area contributed by atoms with Crippen molar-refractivity contribution in [3.05, 3.63) is 0 Å². The minimum absolute atomic E-state index is 0.251. The molecule has 4 N–H and O–H groups in total. The number of nitrogens with two attached hydrogens (primary N) is 1. The number of aromatic nitrogens is 3. The largest absolute Gasteiger partial charge is 0.463 e. The van der Waals surface area contributed by atoms with Crippen molar-refractivity contribution in [2.45, 2.75) is 50.9 Å². The highest BCUT2D eigenvalue weighted by Gasteiger charge is 2.41. The minimum atomic E-state index is 0.251. The van der Waals surface area contributed by atoms with Crippen molar-refractivity contribution in [2.24, 2.45) is 5.84 Å². The molecule has 2 aliphatic heterocycles. The summed E-state index contributed by atoms with van der Waals surface area (Å²) in [6, 6.07) is 0.530. The number of fused-ring (bicyclic) bond motifs is 2. The van der Waals surface area contributed by atoms with Gasteiger partial charge < -0.3 is 14.8 Å². The smallest absolute Gasteiger partial charge is 0.323 e. The molecule has 3 atom stereocenters. The van der Waals surface area contributed by atoms with Crippen LogP contribution in [0.4, 0.5) is 11.9 Å². The Bertz CT molecular complexity index is 471. The van der Waals surface area contributed by atoms with Crippen molar-refractivity contribution in [1.82, 2.24) is 15.0 Å². The number of hydrazine groups is 1. The summed E-state index contributed by atoms with van der Waals surface area (Å²) in [4.78, 5) is 12.5. The molecule has 2 saturated heterocycles. The first-order valence-electron chi connectivity index (χ1n) is 7.06. The third kappa shape index (κ3) is 2.75. The van der Waals surface area contributed by atoms with Crippen LogP contribution in [0, 0.1) is 0 Å². The molecule has 0 aromatic carbocycles. The van der Waals surface area contributed by atoms with Crippen LogP contribution in [0.2, 0.25) is 0 Å². The zero-order chi connectivity index (χ0) is 13.9. The molecular weight excluding hydrogens is 260 g/mol. The molecule has 3 unspecified atom stereocenters. The maximum Gasteiger partial charge on any atom is 0.323 e. The van der Waals surface area contributed by atoms with E-state index in [4.69, 9.17) is 15.3 Å². The Balaban J connectivity index is 1.71. The molecule has 0 saturated carbocycles. The van der Waals surface area contributed by atoms with E-state index in [0.29, 0.717) is 18.7 Å². The van der Waals surface area contributed by atoms with Crippen LogP contribution in [-0.2, 0) is 4.74 Å². The van der Waals surface area contributed by atoms with E-state index in [0.717, 1.165) is 25.7 Å². The second-order valence-corrected chi connectivity index (χ2v) is 5.12. The lowest BCUT2D eigenvalue weighted by Gasteiger charge is -2.20. The second-order valence-electron chi connectivity index (χ2n) is 5.12. The first-order valence-corrected chi connectivity index (χ1v) is 7.06. The Kier molecular flexibility index (Phi) is 3.83. The lowest BCUT2D eigenvalue weighted by atomic mass is 9.96. The molecule has 2 bridgehead atoms. The van der Waals surface area contributed by atoms with E-state index in [1.807, 2.05) is 6.92 Å². The molecule has 0 amide bonds. The average molecular weight is 280 g/mol. The highest BCUT2D eigenvalue weighted by molar-refractivity contribution is 5.36. The number of anilines is 2. The average Bonchev–Trinajstić information content (AvgIpc) is 3.07. The maximum atomic E-state index is 5.80. The van der Waals surface area contributed by atoms with Crippen molar-refractivity contribution in [1.29, 1.82) is 0 Å². The van der Waals surface area contributed by atoms with E-state index in [2.05, 4.69) is 25.7 Å². The van der Waals surface area contributed by atoms with E-state index >= 15 is 0 Å². The van der Waals surface area contributed by atoms with Gasteiger partial charge >= 0.3 is 6.01 Å². The van der Waals surface area contributed by atoms with Crippen molar-refractivity contribution in [3.8, 4) is 6.01 Å². The SMILES string of the molecule is CCCOc1nc(NN)nc(NC2CC3CCC2O3)n1. The second kappa shape index (κ2) is 5.76. The van der Waals surface area contributed by atoms with Gasteiger partial charge in [0.15, 0.2) is 0 Å². The van der Waals surface area contributed by atoms with Crippen LogP contribution in [0.25, 0.3) is 0 Å².